The van der Waals surface area contributed by atoms with Gasteiger partial charge in [0.05, 0.1) is 24.1 Å². The van der Waals surface area contributed by atoms with Crippen molar-refractivity contribution < 1.29 is 18.8 Å². The average molecular weight is 353 g/mol. The Morgan fingerprint density at radius 1 is 1.43 bits per heavy atom. The lowest BCUT2D eigenvalue weighted by Gasteiger charge is -2.08. The number of aryl methyl sites for hydroxylation is 1. The second-order valence-corrected chi connectivity index (χ2v) is 5.02. The molecule has 0 spiro atoms. The number of ether oxygens (including phenoxy) is 1. The predicted molar refractivity (Wildman–Crippen MR) is 79.3 cm³/mol. The molecule has 0 fully saturated rings. The minimum Gasteiger partial charge on any atom is -0.462 e. The first-order chi connectivity index (χ1) is 10.0. The maximum Gasteiger partial charge on any atom is 0.338 e. The molecule has 1 aromatic heterocycles. The zero-order chi connectivity index (χ0) is 15.4. The van der Waals surface area contributed by atoms with Gasteiger partial charge in [0.25, 0.3) is 5.91 Å². The predicted octanol–water partition coefficient (Wildman–Crippen LogP) is 3.17. The first-order valence-electron chi connectivity index (χ1n) is 6.22. The standard InChI is InChI=1S/C14H13BrN2O4/c1-3-20-14(19)9-4-5-12(11(15)6-9)17-13(18)10-7-16-21-8(10)2/h4-7H,3H2,1-2H3,(H,17,18). The molecule has 0 bridgehead atoms. The van der Waals surface area contributed by atoms with Crippen molar-refractivity contribution in [2.24, 2.45) is 0 Å². The summed E-state index contributed by atoms with van der Waals surface area (Å²) < 4.78 is 10.3. The van der Waals surface area contributed by atoms with Crippen molar-refractivity contribution in [3.05, 3.63) is 45.8 Å². The molecule has 0 aliphatic rings. The Hall–Kier alpha value is -2.15. The van der Waals surface area contributed by atoms with Crippen molar-refractivity contribution in [1.82, 2.24) is 5.16 Å². The van der Waals surface area contributed by atoms with Gasteiger partial charge in [-0.25, -0.2) is 4.79 Å². The zero-order valence-corrected chi connectivity index (χ0v) is 13.1. The van der Waals surface area contributed by atoms with Gasteiger partial charge in [0.1, 0.15) is 11.3 Å². The second-order valence-electron chi connectivity index (χ2n) is 4.16. The third-order valence-corrected chi connectivity index (χ3v) is 3.38. The number of hydrogen-bond acceptors (Lipinski definition) is 5. The van der Waals surface area contributed by atoms with Gasteiger partial charge >= 0.3 is 5.97 Å². The van der Waals surface area contributed by atoms with Gasteiger partial charge < -0.3 is 14.6 Å². The summed E-state index contributed by atoms with van der Waals surface area (Å²) in [5.41, 5.74) is 1.30. The Morgan fingerprint density at radius 2 is 2.19 bits per heavy atom. The van der Waals surface area contributed by atoms with Crippen LogP contribution in [0.2, 0.25) is 0 Å². The fourth-order valence-electron chi connectivity index (χ4n) is 1.66. The van der Waals surface area contributed by atoms with Crippen LogP contribution >= 0.6 is 15.9 Å². The van der Waals surface area contributed by atoms with Crippen LogP contribution in [-0.2, 0) is 4.74 Å². The third kappa shape index (κ3) is 3.49. The molecular weight excluding hydrogens is 340 g/mol. The number of aromatic nitrogens is 1. The van der Waals surface area contributed by atoms with E-state index in [0.29, 0.717) is 33.7 Å². The molecule has 2 aromatic rings. The van der Waals surface area contributed by atoms with Crippen LogP contribution in [0.25, 0.3) is 0 Å². The number of anilines is 1. The topological polar surface area (TPSA) is 81.4 Å². The fourth-order valence-corrected chi connectivity index (χ4v) is 2.14. The molecule has 0 aliphatic carbocycles. The summed E-state index contributed by atoms with van der Waals surface area (Å²) >= 11 is 3.32. The first-order valence-corrected chi connectivity index (χ1v) is 7.01. The van der Waals surface area contributed by atoms with Crippen LogP contribution in [0.3, 0.4) is 0 Å². The number of carbonyl (C=O) groups is 2. The smallest absolute Gasteiger partial charge is 0.338 e. The van der Waals surface area contributed by atoms with Crippen molar-refractivity contribution in [3.63, 3.8) is 0 Å². The SMILES string of the molecule is CCOC(=O)c1ccc(NC(=O)c2cnoc2C)c(Br)c1. The molecule has 2 rings (SSSR count). The van der Waals surface area contributed by atoms with E-state index in [1.165, 1.54) is 6.20 Å². The maximum absolute atomic E-state index is 12.0. The molecule has 21 heavy (non-hydrogen) atoms. The minimum absolute atomic E-state index is 0.307. The number of benzene rings is 1. The Bertz CT molecular complexity index is 681. The number of amides is 1. The lowest BCUT2D eigenvalue weighted by molar-refractivity contribution is 0.0526. The normalized spacial score (nSPS) is 10.2. The molecule has 1 N–H and O–H groups in total. The molecule has 0 saturated carbocycles. The lowest BCUT2D eigenvalue weighted by Crippen LogP contribution is -2.13. The van der Waals surface area contributed by atoms with Crippen LogP contribution in [0.15, 0.2) is 33.4 Å². The van der Waals surface area contributed by atoms with Crippen molar-refractivity contribution >= 4 is 33.5 Å². The lowest BCUT2D eigenvalue weighted by atomic mass is 10.2. The van der Waals surface area contributed by atoms with E-state index in [2.05, 4.69) is 26.4 Å². The summed E-state index contributed by atoms with van der Waals surface area (Å²) in [6, 6.07) is 4.80. The largest absolute Gasteiger partial charge is 0.462 e. The van der Waals surface area contributed by atoms with Gasteiger partial charge in [-0.2, -0.15) is 0 Å². The average Bonchev–Trinajstić information content (AvgIpc) is 2.87. The van der Waals surface area contributed by atoms with E-state index >= 15 is 0 Å². The summed E-state index contributed by atoms with van der Waals surface area (Å²) in [5, 5.41) is 6.27. The molecule has 1 aromatic carbocycles. The van der Waals surface area contributed by atoms with Crippen molar-refractivity contribution in [3.8, 4) is 0 Å². The quantitative estimate of drug-likeness (QED) is 0.854. The number of halogens is 1. The molecule has 0 saturated heterocycles. The number of carbonyl (C=O) groups excluding carboxylic acids is 2. The maximum atomic E-state index is 12.0. The highest BCUT2D eigenvalue weighted by atomic mass is 79.9. The monoisotopic (exact) mass is 352 g/mol. The molecule has 0 unspecified atom stereocenters. The van der Waals surface area contributed by atoms with Crippen LogP contribution in [0, 0.1) is 6.92 Å². The number of rotatable bonds is 4. The molecule has 1 amide bonds. The summed E-state index contributed by atoms with van der Waals surface area (Å²) in [5.74, 6) is -0.309. The highest BCUT2D eigenvalue weighted by molar-refractivity contribution is 9.10. The van der Waals surface area contributed by atoms with E-state index in [-0.39, 0.29) is 5.91 Å². The van der Waals surface area contributed by atoms with Crippen LogP contribution in [0.4, 0.5) is 5.69 Å². The van der Waals surface area contributed by atoms with E-state index in [4.69, 9.17) is 9.26 Å². The van der Waals surface area contributed by atoms with Gasteiger partial charge in [-0.05, 0) is 48.0 Å². The van der Waals surface area contributed by atoms with Gasteiger partial charge in [0.15, 0.2) is 0 Å². The Morgan fingerprint density at radius 3 is 2.76 bits per heavy atom. The summed E-state index contributed by atoms with van der Waals surface area (Å²) in [7, 11) is 0. The fraction of sp³-hybridized carbons (Fsp3) is 0.214. The highest BCUT2D eigenvalue weighted by Gasteiger charge is 2.15. The molecular formula is C14H13BrN2O4. The van der Waals surface area contributed by atoms with Gasteiger partial charge in [-0.15, -0.1) is 0 Å². The first kappa shape index (κ1) is 15.2. The summed E-state index contributed by atoms with van der Waals surface area (Å²) in [6.07, 6.45) is 1.35. The van der Waals surface area contributed by atoms with Crippen molar-refractivity contribution in [2.45, 2.75) is 13.8 Å². The molecule has 110 valence electrons. The van der Waals surface area contributed by atoms with Crippen LogP contribution in [0.5, 0.6) is 0 Å². The van der Waals surface area contributed by atoms with E-state index in [1.807, 2.05) is 0 Å². The number of nitrogens with zero attached hydrogens (tertiary/aromatic N) is 1. The third-order valence-electron chi connectivity index (χ3n) is 2.72. The molecule has 6 nitrogen and oxygen atoms in total. The van der Waals surface area contributed by atoms with Gasteiger partial charge in [-0.3, -0.25) is 4.79 Å². The molecule has 0 aliphatic heterocycles. The van der Waals surface area contributed by atoms with Gasteiger partial charge in [0.2, 0.25) is 0 Å². The molecule has 1 heterocycles. The van der Waals surface area contributed by atoms with Gasteiger partial charge in [0, 0.05) is 4.47 Å². The van der Waals surface area contributed by atoms with E-state index in [9.17, 15) is 9.59 Å². The summed E-state index contributed by atoms with van der Waals surface area (Å²) in [6.45, 7) is 3.70. The zero-order valence-electron chi connectivity index (χ0n) is 11.5. The molecule has 0 atom stereocenters. The van der Waals surface area contributed by atoms with E-state index in [0.717, 1.165) is 0 Å². The summed E-state index contributed by atoms with van der Waals surface area (Å²) in [4.78, 5) is 23.7. The Balaban J connectivity index is 2.16. The molecule has 7 heteroatoms. The van der Waals surface area contributed by atoms with Crippen LogP contribution in [-0.4, -0.2) is 23.6 Å². The van der Waals surface area contributed by atoms with E-state index < -0.39 is 5.97 Å². The number of hydrogen-bond donors (Lipinski definition) is 1. The van der Waals surface area contributed by atoms with Crippen LogP contribution in [0.1, 0.15) is 33.4 Å². The minimum atomic E-state index is -0.411. The van der Waals surface area contributed by atoms with Crippen LogP contribution < -0.4 is 5.32 Å². The second kappa shape index (κ2) is 6.53. The van der Waals surface area contributed by atoms with Gasteiger partial charge in [-0.1, -0.05) is 5.16 Å². The number of nitrogens with one attached hydrogen (secondary N) is 1. The Kier molecular flexibility index (Phi) is 4.74. The number of esters is 1. The van der Waals surface area contributed by atoms with Crippen molar-refractivity contribution in [1.29, 1.82) is 0 Å². The highest BCUT2D eigenvalue weighted by Crippen LogP contribution is 2.25. The van der Waals surface area contributed by atoms with E-state index in [1.54, 1.807) is 32.0 Å². The molecule has 0 radical (unpaired) electrons. The Labute approximate surface area is 129 Å². The van der Waals surface area contributed by atoms with Crippen molar-refractivity contribution in [2.75, 3.05) is 11.9 Å².